The molecule has 0 bridgehead atoms. The third-order valence-corrected chi connectivity index (χ3v) is 7.50. The van der Waals surface area contributed by atoms with Crippen LogP contribution in [0, 0.1) is 0 Å². The molecule has 5 nitrogen and oxygen atoms in total. The summed E-state index contributed by atoms with van der Waals surface area (Å²) in [5.41, 5.74) is 4.42. The van der Waals surface area contributed by atoms with E-state index in [9.17, 15) is 18.0 Å². The van der Waals surface area contributed by atoms with E-state index >= 15 is 0 Å². The Morgan fingerprint density at radius 1 is 1.03 bits per heavy atom. The van der Waals surface area contributed by atoms with Crippen LogP contribution in [0.25, 0.3) is 27.8 Å². The maximum Gasteiger partial charge on any atom is 0.417 e. The molecule has 6 rings (SSSR count). The first-order valence-electron chi connectivity index (χ1n) is 11.9. The van der Waals surface area contributed by atoms with Crippen molar-refractivity contribution in [2.75, 3.05) is 13.1 Å². The van der Waals surface area contributed by atoms with Crippen LogP contribution in [0.3, 0.4) is 0 Å². The van der Waals surface area contributed by atoms with Gasteiger partial charge in [-0.15, -0.1) is 12.4 Å². The quantitative estimate of drug-likeness (QED) is 0.334. The van der Waals surface area contributed by atoms with Gasteiger partial charge in [-0.05, 0) is 61.7 Å². The number of rotatable bonds is 2. The van der Waals surface area contributed by atoms with Gasteiger partial charge in [0.2, 0.25) is 0 Å². The summed E-state index contributed by atoms with van der Waals surface area (Å²) < 4.78 is 42.3. The highest BCUT2D eigenvalue weighted by Gasteiger charge is 2.33. The second-order valence-corrected chi connectivity index (χ2v) is 9.48. The summed E-state index contributed by atoms with van der Waals surface area (Å²) >= 11 is 0. The SMILES string of the molecule is Cl.Cn1c2c(c3ccc(-n4ccc(-c5ccc(C(F)(F)F)cn5)cc4=O)cc31)CCN1CCCCC21. The lowest BCUT2D eigenvalue weighted by atomic mass is 9.91. The number of nitrogens with zero attached hydrogens (tertiary/aromatic N) is 4. The van der Waals surface area contributed by atoms with Crippen LogP contribution in [0.1, 0.15) is 42.1 Å². The number of halogens is 4. The van der Waals surface area contributed by atoms with Crippen molar-refractivity contribution < 1.29 is 13.2 Å². The Morgan fingerprint density at radius 2 is 1.86 bits per heavy atom. The predicted octanol–water partition coefficient (Wildman–Crippen LogP) is 5.91. The van der Waals surface area contributed by atoms with Gasteiger partial charge in [-0.25, -0.2) is 0 Å². The molecule has 1 unspecified atom stereocenters. The van der Waals surface area contributed by atoms with E-state index in [2.05, 4.69) is 33.6 Å². The van der Waals surface area contributed by atoms with Crippen molar-refractivity contribution in [2.45, 2.75) is 37.9 Å². The van der Waals surface area contributed by atoms with Gasteiger partial charge in [-0.3, -0.25) is 19.2 Å². The van der Waals surface area contributed by atoms with E-state index in [4.69, 9.17) is 0 Å². The first-order chi connectivity index (χ1) is 16.8. The molecule has 1 saturated heterocycles. The molecule has 2 aliphatic heterocycles. The molecule has 188 valence electrons. The molecule has 0 spiro atoms. The summed E-state index contributed by atoms with van der Waals surface area (Å²) in [6.45, 7) is 2.25. The molecule has 2 aliphatic rings. The van der Waals surface area contributed by atoms with E-state index in [0.29, 0.717) is 17.3 Å². The number of hydrogen-bond acceptors (Lipinski definition) is 3. The largest absolute Gasteiger partial charge is 0.417 e. The molecule has 1 aromatic carbocycles. The van der Waals surface area contributed by atoms with Crippen molar-refractivity contribution in [2.24, 2.45) is 7.05 Å². The fourth-order valence-corrected chi connectivity index (χ4v) is 5.77. The normalized spacial score (nSPS) is 17.9. The second-order valence-electron chi connectivity index (χ2n) is 9.48. The summed E-state index contributed by atoms with van der Waals surface area (Å²) in [4.78, 5) is 19.5. The molecule has 0 aliphatic carbocycles. The Kier molecular flexibility index (Phi) is 6.21. The smallest absolute Gasteiger partial charge is 0.346 e. The van der Waals surface area contributed by atoms with Gasteiger partial charge in [0.25, 0.3) is 5.56 Å². The van der Waals surface area contributed by atoms with Gasteiger partial charge in [-0.2, -0.15) is 13.2 Å². The molecule has 0 amide bonds. The van der Waals surface area contributed by atoms with Crippen LogP contribution in [-0.4, -0.2) is 32.1 Å². The first kappa shape index (κ1) is 24.6. The number of fused-ring (bicyclic) bond motifs is 5. The van der Waals surface area contributed by atoms with Crippen molar-refractivity contribution in [3.8, 4) is 16.9 Å². The zero-order valence-corrected chi connectivity index (χ0v) is 20.6. The lowest BCUT2D eigenvalue weighted by Crippen LogP contribution is -2.39. The topological polar surface area (TPSA) is 43.1 Å². The van der Waals surface area contributed by atoms with Crippen molar-refractivity contribution in [1.29, 1.82) is 0 Å². The number of benzene rings is 1. The van der Waals surface area contributed by atoms with Crippen molar-refractivity contribution >= 4 is 23.3 Å². The lowest BCUT2D eigenvalue weighted by Gasteiger charge is -2.40. The summed E-state index contributed by atoms with van der Waals surface area (Å²) in [5.74, 6) is 0. The van der Waals surface area contributed by atoms with Crippen LogP contribution in [0.2, 0.25) is 0 Å². The maximum atomic E-state index is 13.0. The van der Waals surface area contributed by atoms with Crippen molar-refractivity contribution in [3.05, 3.63) is 82.0 Å². The summed E-state index contributed by atoms with van der Waals surface area (Å²) in [7, 11) is 2.12. The Hall–Kier alpha value is -3.10. The predicted molar refractivity (Wildman–Crippen MR) is 136 cm³/mol. The molecule has 36 heavy (non-hydrogen) atoms. The molecule has 9 heteroatoms. The Morgan fingerprint density at radius 3 is 2.58 bits per heavy atom. The Bertz CT molecular complexity index is 1490. The minimum atomic E-state index is -4.45. The summed E-state index contributed by atoms with van der Waals surface area (Å²) in [5, 5.41) is 1.25. The van der Waals surface area contributed by atoms with Crippen LogP contribution in [-0.2, 0) is 19.6 Å². The van der Waals surface area contributed by atoms with Gasteiger partial charge in [0.1, 0.15) is 0 Å². The van der Waals surface area contributed by atoms with Gasteiger partial charge < -0.3 is 4.57 Å². The van der Waals surface area contributed by atoms with Crippen LogP contribution < -0.4 is 5.56 Å². The Balaban J connectivity index is 0.00000267. The number of pyridine rings is 2. The van der Waals surface area contributed by atoms with E-state index in [1.54, 1.807) is 16.8 Å². The van der Waals surface area contributed by atoms with Crippen LogP contribution in [0.15, 0.2) is 59.7 Å². The van der Waals surface area contributed by atoms with E-state index in [-0.39, 0.29) is 18.0 Å². The number of piperidine rings is 1. The number of aromatic nitrogens is 3. The first-order valence-corrected chi connectivity index (χ1v) is 11.9. The molecule has 0 radical (unpaired) electrons. The van der Waals surface area contributed by atoms with Gasteiger partial charge >= 0.3 is 6.18 Å². The monoisotopic (exact) mass is 514 g/mol. The van der Waals surface area contributed by atoms with Crippen LogP contribution in [0.5, 0.6) is 0 Å². The highest BCUT2D eigenvalue weighted by atomic mass is 35.5. The third-order valence-electron chi connectivity index (χ3n) is 7.50. The number of aryl methyl sites for hydroxylation is 1. The zero-order valence-electron chi connectivity index (χ0n) is 19.8. The van der Waals surface area contributed by atoms with Crippen molar-refractivity contribution in [3.63, 3.8) is 0 Å². The molecule has 5 heterocycles. The van der Waals surface area contributed by atoms with E-state index < -0.39 is 11.7 Å². The van der Waals surface area contributed by atoms with Gasteiger partial charge in [0.15, 0.2) is 0 Å². The van der Waals surface area contributed by atoms with Crippen LogP contribution >= 0.6 is 12.4 Å². The fourth-order valence-electron chi connectivity index (χ4n) is 5.77. The minimum Gasteiger partial charge on any atom is -0.346 e. The van der Waals surface area contributed by atoms with Gasteiger partial charge in [0, 0.05) is 48.7 Å². The third kappa shape index (κ3) is 4.02. The molecule has 3 aromatic heterocycles. The van der Waals surface area contributed by atoms with Gasteiger partial charge in [-0.1, -0.05) is 12.5 Å². The van der Waals surface area contributed by atoms with E-state index in [0.717, 1.165) is 43.0 Å². The maximum absolute atomic E-state index is 13.0. The summed E-state index contributed by atoms with van der Waals surface area (Å²) in [6, 6.07) is 12.0. The molecule has 1 fully saturated rings. The number of hydrogen-bond donors (Lipinski definition) is 0. The highest BCUT2D eigenvalue weighted by Crippen LogP contribution is 2.41. The van der Waals surface area contributed by atoms with E-state index in [1.165, 1.54) is 48.0 Å². The zero-order chi connectivity index (χ0) is 24.3. The lowest BCUT2D eigenvalue weighted by molar-refractivity contribution is -0.137. The second kappa shape index (κ2) is 9.09. The fraction of sp³-hybridized carbons (Fsp3) is 0.333. The van der Waals surface area contributed by atoms with E-state index in [1.807, 2.05) is 6.07 Å². The average molecular weight is 515 g/mol. The highest BCUT2D eigenvalue weighted by molar-refractivity contribution is 5.88. The average Bonchev–Trinajstić information content (AvgIpc) is 3.15. The Labute approximate surface area is 212 Å². The standard InChI is InChI=1S/C27H25F3N4O.ClH/c1-32-24-15-19(6-7-20(24)21-10-12-33-11-3-2-4-23(33)26(21)32)34-13-9-17(14-25(34)35)22-8-5-18(16-31-22)27(28,29)30;/h5-9,13-16,23H,2-4,10-12H2,1H3;1H. The molecular weight excluding hydrogens is 489 g/mol. The molecular formula is C27H26ClF3N4O. The van der Waals surface area contributed by atoms with Crippen molar-refractivity contribution in [1.82, 2.24) is 19.0 Å². The number of alkyl halides is 3. The summed E-state index contributed by atoms with van der Waals surface area (Å²) in [6.07, 6.45) is 2.74. The minimum absolute atomic E-state index is 0. The van der Waals surface area contributed by atoms with Crippen LogP contribution in [0.4, 0.5) is 13.2 Å². The molecule has 0 N–H and O–H groups in total. The molecule has 4 aromatic rings. The van der Waals surface area contributed by atoms with Gasteiger partial charge in [0.05, 0.1) is 28.5 Å². The molecule has 0 saturated carbocycles. The molecule has 1 atom stereocenters.